The van der Waals surface area contributed by atoms with E-state index in [1.165, 1.54) is 6.33 Å². The molecule has 0 bridgehead atoms. The maximum atomic E-state index is 12.7. The van der Waals surface area contributed by atoms with Gasteiger partial charge in [-0.25, -0.2) is 15.0 Å². The molecule has 0 aliphatic carbocycles. The molecule has 0 saturated carbocycles. The Bertz CT molecular complexity index is 1020. The largest absolute Gasteiger partial charge is 0.417 e. The number of anilines is 5. The van der Waals surface area contributed by atoms with Gasteiger partial charge in [0.1, 0.15) is 17.8 Å². The van der Waals surface area contributed by atoms with Crippen LogP contribution in [0.1, 0.15) is 16.7 Å². The van der Waals surface area contributed by atoms with Crippen molar-refractivity contribution in [3.05, 3.63) is 58.5 Å². The van der Waals surface area contributed by atoms with Crippen molar-refractivity contribution in [2.75, 3.05) is 16.4 Å². The highest BCUT2D eigenvalue weighted by Crippen LogP contribution is 2.34. The van der Waals surface area contributed by atoms with Crippen molar-refractivity contribution < 1.29 is 13.2 Å². The molecule has 0 unspecified atom stereocenters. The van der Waals surface area contributed by atoms with Crippen molar-refractivity contribution in [3.8, 4) is 0 Å². The second kappa shape index (κ2) is 7.51. The van der Waals surface area contributed by atoms with Crippen LogP contribution in [0.25, 0.3) is 0 Å². The summed E-state index contributed by atoms with van der Waals surface area (Å²) in [5.74, 6) is 0.501. The van der Waals surface area contributed by atoms with Crippen molar-refractivity contribution in [2.45, 2.75) is 20.0 Å². The molecule has 2 aromatic heterocycles. The Morgan fingerprint density at radius 2 is 1.64 bits per heavy atom. The Morgan fingerprint density at radius 3 is 2.25 bits per heavy atom. The number of hydrogen-bond donors (Lipinski definition) is 3. The van der Waals surface area contributed by atoms with E-state index in [4.69, 9.17) is 17.3 Å². The zero-order valence-corrected chi connectivity index (χ0v) is 15.7. The third-order valence-corrected chi connectivity index (χ3v) is 4.21. The highest BCUT2D eigenvalue weighted by atomic mass is 35.5. The number of aryl methyl sites for hydroxylation is 2. The lowest BCUT2D eigenvalue weighted by Crippen LogP contribution is -2.08. The quantitative estimate of drug-likeness (QED) is 0.547. The number of aromatic nitrogens is 3. The number of benzene rings is 1. The zero-order chi connectivity index (χ0) is 20.5. The SMILES string of the molecule is Cc1ccc(Nc2ncnc(Nc3ncc(C(F)(F)F)cc3Cl)c2N)c(C)c1. The third-order valence-electron chi connectivity index (χ3n) is 3.92. The molecule has 0 fully saturated rings. The number of nitrogens with two attached hydrogens (primary N) is 1. The Balaban J connectivity index is 1.87. The number of nitrogens with one attached hydrogen (secondary N) is 2. The van der Waals surface area contributed by atoms with Gasteiger partial charge in [-0.2, -0.15) is 13.2 Å². The number of rotatable bonds is 4. The molecular formula is C18H16ClF3N6. The predicted molar refractivity (Wildman–Crippen MR) is 103 cm³/mol. The number of nitrogens with zero attached hydrogens (tertiary/aromatic N) is 3. The van der Waals surface area contributed by atoms with Gasteiger partial charge in [0, 0.05) is 11.9 Å². The first-order valence-electron chi connectivity index (χ1n) is 8.09. The van der Waals surface area contributed by atoms with E-state index in [1.54, 1.807) is 0 Å². The number of nitrogen functional groups attached to an aromatic ring is 1. The van der Waals surface area contributed by atoms with Crippen molar-refractivity contribution >= 4 is 40.4 Å². The molecule has 146 valence electrons. The van der Waals surface area contributed by atoms with Crippen LogP contribution in [0.4, 0.5) is 42.0 Å². The predicted octanol–water partition coefficient (Wildman–Crippen LogP) is 5.23. The molecule has 1 aromatic carbocycles. The normalized spacial score (nSPS) is 11.4. The van der Waals surface area contributed by atoms with E-state index < -0.39 is 11.7 Å². The van der Waals surface area contributed by atoms with Gasteiger partial charge in [-0.05, 0) is 31.5 Å². The molecule has 0 atom stereocenters. The van der Waals surface area contributed by atoms with Crippen LogP contribution < -0.4 is 16.4 Å². The summed E-state index contributed by atoms with van der Waals surface area (Å²) in [6, 6.07) is 6.62. The molecule has 0 amide bonds. The van der Waals surface area contributed by atoms with Crippen LogP contribution in [0, 0.1) is 13.8 Å². The highest BCUT2D eigenvalue weighted by Gasteiger charge is 2.31. The molecule has 0 saturated heterocycles. The summed E-state index contributed by atoms with van der Waals surface area (Å²) < 4.78 is 38.2. The van der Waals surface area contributed by atoms with Gasteiger partial charge in [-0.15, -0.1) is 0 Å². The van der Waals surface area contributed by atoms with Crippen LogP contribution in [0.2, 0.25) is 5.02 Å². The van der Waals surface area contributed by atoms with E-state index in [9.17, 15) is 13.2 Å². The molecule has 4 N–H and O–H groups in total. The van der Waals surface area contributed by atoms with Crippen LogP contribution in [-0.2, 0) is 6.18 Å². The Kier molecular flexibility index (Phi) is 5.28. The molecule has 0 spiro atoms. The maximum Gasteiger partial charge on any atom is 0.417 e. The summed E-state index contributed by atoms with van der Waals surface area (Å²) in [6.45, 7) is 3.93. The topological polar surface area (TPSA) is 88.8 Å². The number of hydrogen-bond acceptors (Lipinski definition) is 6. The minimum Gasteiger partial charge on any atom is -0.393 e. The standard InChI is InChI=1S/C18H16ClF3N6/c1-9-3-4-13(10(2)5-9)27-16-14(23)17(26-8-25-16)28-15-12(19)6-11(7-24-15)18(20,21)22/h3-8H,23H2,1-2H3,(H2,24,25,26,27,28). The number of halogens is 4. The van der Waals surface area contributed by atoms with Crippen LogP contribution in [0.3, 0.4) is 0 Å². The average Bonchev–Trinajstić information content (AvgIpc) is 2.61. The lowest BCUT2D eigenvalue weighted by Gasteiger charge is -2.15. The number of alkyl halides is 3. The van der Waals surface area contributed by atoms with Crippen molar-refractivity contribution in [2.24, 2.45) is 0 Å². The monoisotopic (exact) mass is 408 g/mol. The third kappa shape index (κ3) is 4.25. The molecular weight excluding hydrogens is 393 g/mol. The average molecular weight is 409 g/mol. The highest BCUT2D eigenvalue weighted by molar-refractivity contribution is 6.33. The zero-order valence-electron chi connectivity index (χ0n) is 14.9. The Hall–Kier alpha value is -3.07. The van der Waals surface area contributed by atoms with E-state index in [-0.39, 0.29) is 22.3 Å². The summed E-state index contributed by atoms with van der Waals surface area (Å²) >= 11 is 5.92. The summed E-state index contributed by atoms with van der Waals surface area (Å²) in [4.78, 5) is 11.9. The smallest absolute Gasteiger partial charge is 0.393 e. The molecule has 2 heterocycles. The van der Waals surface area contributed by atoms with Crippen LogP contribution in [-0.4, -0.2) is 15.0 Å². The molecule has 0 aliphatic rings. The van der Waals surface area contributed by atoms with E-state index in [0.717, 1.165) is 22.9 Å². The van der Waals surface area contributed by atoms with Crippen molar-refractivity contribution in [1.82, 2.24) is 15.0 Å². The van der Waals surface area contributed by atoms with E-state index in [2.05, 4.69) is 25.6 Å². The summed E-state index contributed by atoms with van der Waals surface area (Å²) in [5, 5.41) is 5.65. The van der Waals surface area contributed by atoms with Gasteiger partial charge in [0.25, 0.3) is 0 Å². The van der Waals surface area contributed by atoms with Crippen LogP contribution in [0.5, 0.6) is 0 Å². The first kappa shape index (κ1) is 19.7. The minimum atomic E-state index is -4.54. The first-order valence-corrected chi connectivity index (χ1v) is 8.47. The van der Waals surface area contributed by atoms with Gasteiger partial charge >= 0.3 is 6.18 Å². The maximum absolute atomic E-state index is 12.7. The van der Waals surface area contributed by atoms with Gasteiger partial charge in [-0.1, -0.05) is 29.3 Å². The summed E-state index contributed by atoms with van der Waals surface area (Å²) in [6.07, 6.45) is -2.59. The van der Waals surface area contributed by atoms with Gasteiger partial charge < -0.3 is 16.4 Å². The molecule has 6 nitrogen and oxygen atoms in total. The molecule has 0 aliphatic heterocycles. The molecule has 3 rings (SSSR count). The molecule has 10 heteroatoms. The van der Waals surface area contributed by atoms with Crippen molar-refractivity contribution in [3.63, 3.8) is 0 Å². The van der Waals surface area contributed by atoms with Gasteiger partial charge in [0.05, 0.1) is 10.6 Å². The van der Waals surface area contributed by atoms with Gasteiger partial charge in [-0.3, -0.25) is 0 Å². The lowest BCUT2D eigenvalue weighted by molar-refractivity contribution is -0.137. The fourth-order valence-corrected chi connectivity index (χ4v) is 2.69. The molecule has 0 radical (unpaired) electrons. The molecule has 28 heavy (non-hydrogen) atoms. The summed E-state index contributed by atoms with van der Waals surface area (Å²) in [7, 11) is 0. The fraction of sp³-hybridized carbons (Fsp3) is 0.167. The lowest BCUT2D eigenvalue weighted by atomic mass is 10.1. The second-order valence-corrected chi connectivity index (χ2v) is 6.51. The van der Waals surface area contributed by atoms with Crippen LogP contribution in [0.15, 0.2) is 36.8 Å². The fourth-order valence-electron chi connectivity index (χ4n) is 2.47. The van der Waals surface area contributed by atoms with Gasteiger partial charge in [0.15, 0.2) is 11.6 Å². The Morgan fingerprint density at radius 1 is 0.964 bits per heavy atom. The first-order chi connectivity index (χ1) is 13.1. The minimum absolute atomic E-state index is 0.00228. The van der Waals surface area contributed by atoms with Crippen LogP contribution >= 0.6 is 11.6 Å². The molecule has 3 aromatic rings. The number of pyridine rings is 1. The second-order valence-electron chi connectivity index (χ2n) is 6.11. The van der Waals surface area contributed by atoms with E-state index >= 15 is 0 Å². The van der Waals surface area contributed by atoms with Crippen molar-refractivity contribution in [1.29, 1.82) is 0 Å². The van der Waals surface area contributed by atoms with Gasteiger partial charge in [0.2, 0.25) is 0 Å². The van der Waals surface area contributed by atoms with E-state index in [0.29, 0.717) is 12.0 Å². The summed E-state index contributed by atoms with van der Waals surface area (Å²) in [5.41, 5.74) is 8.25. The van der Waals surface area contributed by atoms with E-state index in [1.807, 2.05) is 32.0 Å². The Labute approximate surface area is 164 Å².